The van der Waals surface area contributed by atoms with E-state index in [0.717, 1.165) is 12.5 Å². The average molecular weight is 281 g/mol. The maximum absolute atomic E-state index is 4.40. The van der Waals surface area contributed by atoms with Gasteiger partial charge in [0.25, 0.3) is 0 Å². The highest BCUT2D eigenvalue weighted by molar-refractivity contribution is 7.09. The second kappa shape index (κ2) is 7.36. The van der Waals surface area contributed by atoms with Crippen molar-refractivity contribution < 1.29 is 0 Å². The van der Waals surface area contributed by atoms with Gasteiger partial charge in [0, 0.05) is 36.6 Å². The molecule has 1 fully saturated rings. The van der Waals surface area contributed by atoms with Gasteiger partial charge in [0.1, 0.15) is 0 Å². The first-order chi connectivity index (χ1) is 9.20. The summed E-state index contributed by atoms with van der Waals surface area (Å²) in [7, 11) is 0. The minimum atomic E-state index is 0.522. The fourth-order valence-electron chi connectivity index (χ4n) is 2.88. The number of hydrogen-bond donors (Lipinski definition) is 1. The molecule has 0 aromatic carbocycles. The molecule has 3 atom stereocenters. The van der Waals surface area contributed by atoms with E-state index in [2.05, 4.69) is 41.4 Å². The van der Waals surface area contributed by atoms with Gasteiger partial charge in [-0.2, -0.15) is 0 Å². The average Bonchev–Trinajstić information content (AvgIpc) is 2.98. The lowest BCUT2D eigenvalue weighted by molar-refractivity contribution is 0.157. The molecular formula is C15H27N3S. The summed E-state index contributed by atoms with van der Waals surface area (Å²) in [5.74, 6) is 1.32. The molecule has 3 nitrogen and oxygen atoms in total. The van der Waals surface area contributed by atoms with Crippen molar-refractivity contribution >= 4 is 11.3 Å². The summed E-state index contributed by atoms with van der Waals surface area (Å²) in [6, 6.07) is 0.608. The van der Waals surface area contributed by atoms with Crippen LogP contribution in [0.25, 0.3) is 0 Å². The third-order valence-electron chi connectivity index (χ3n) is 4.32. The maximum atomic E-state index is 4.40. The Labute approximate surface area is 121 Å². The molecule has 3 unspecified atom stereocenters. The van der Waals surface area contributed by atoms with Gasteiger partial charge in [0.2, 0.25) is 0 Å². The first-order valence-electron chi connectivity index (χ1n) is 7.55. The monoisotopic (exact) mass is 281 g/mol. The minimum Gasteiger partial charge on any atom is -0.313 e. The first kappa shape index (κ1) is 14.9. The third kappa shape index (κ3) is 4.26. The topological polar surface area (TPSA) is 28.2 Å². The lowest BCUT2D eigenvalue weighted by Gasteiger charge is -2.35. The quantitative estimate of drug-likeness (QED) is 0.869. The predicted molar refractivity (Wildman–Crippen MR) is 82.8 cm³/mol. The van der Waals surface area contributed by atoms with E-state index in [4.69, 9.17) is 0 Å². The molecule has 1 aliphatic rings. The molecule has 0 bridgehead atoms. The van der Waals surface area contributed by atoms with Crippen LogP contribution >= 0.6 is 11.3 Å². The van der Waals surface area contributed by atoms with Gasteiger partial charge in [0.15, 0.2) is 0 Å². The molecule has 1 saturated heterocycles. The summed E-state index contributed by atoms with van der Waals surface area (Å²) in [5, 5.41) is 7.04. The van der Waals surface area contributed by atoms with Crippen LogP contribution in [0.1, 0.15) is 44.5 Å². The van der Waals surface area contributed by atoms with Crippen LogP contribution in [0.4, 0.5) is 0 Å². The SMILES string of the molecule is CCN1CCCC(C(C)NCC(C)c2nccs2)C1. The molecule has 19 heavy (non-hydrogen) atoms. The molecule has 108 valence electrons. The Morgan fingerprint density at radius 3 is 3.05 bits per heavy atom. The van der Waals surface area contributed by atoms with Gasteiger partial charge in [-0.15, -0.1) is 11.3 Å². The molecule has 4 heteroatoms. The molecule has 1 aromatic rings. The highest BCUT2D eigenvalue weighted by Crippen LogP contribution is 2.21. The zero-order valence-electron chi connectivity index (χ0n) is 12.4. The summed E-state index contributed by atoms with van der Waals surface area (Å²) in [4.78, 5) is 6.98. The number of rotatable bonds is 6. The number of hydrogen-bond acceptors (Lipinski definition) is 4. The van der Waals surface area contributed by atoms with Gasteiger partial charge in [-0.25, -0.2) is 4.98 Å². The van der Waals surface area contributed by atoms with Crippen molar-refractivity contribution in [3.8, 4) is 0 Å². The van der Waals surface area contributed by atoms with Crippen LogP contribution < -0.4 is 5.32 Å². The van der Waals surface area contributed by atoms with Crippen LogP contribution in [-0.2, 0) is 0 Å². The lowest BCUT2D eigenvalue weighted by atomic mass is 9.91. The highest BCUT2D eigenvalue weighted by atomic mass is 32.1. The van der Waals surface area contributed by atoms with Crippen molar-refractivity contribution in [1.29, 1.82) is 0 Å². The maximum Gasteiger partial charge on any atom is 0.0965 e. The zero-order chi connectivity index (χ0) is 13.7. The second-order valence-corrected chi connectivity index (χ2v) is 6.69. The molecule has 0 saturated carbocycles. The summed E-state index contributed by atoms with van der Waals surface area (Å²) in [5.41, 5.74) is 0. The summed E-state index contributed by atoms with van der Waals surface area (Å²) < 4.78 is 0. The smallest absolute Gasteiger partial charge is 0.0965 e. The Bertz CT molecular complexity index is 352. The van der Waals surface area contributed by atoms with Crippen LogP contribution in [0.15, 0.2) is 11.6 Å². The Hall–Kier alpha value is -0.450. The van der Waals surface area contributed by atoms with Crippen LogP contribution in [0.3, 0.4) is 0 Å². The van der Waals surface area contributed by atoms with E-state index < -0.39 is 0 Å². The number of aromatic nitrogens is 1. The molecule has 0 amide bonds. The van der Waals surface area contributed by atoms with E-state index in [1.54, 1.807) is 11.3 Å². The van der Waals surface area contributed by atoms with Gasteiger partial charge in [0.05, 0.1) is 5.01 Å². The standard InChI is InChI=1S/C15H27N3S/c1-4-18-8-5-6-14(11-18)13(3)17-10-12(2)15-16-7-9-19-15/h7,9,12-14,17H,4-6,8,10-11H2,1-3H3. The van der Waals surface area contributed by atoms with Crippen LogP contribution in [0.5, 0.6) is 0 Å². The summed E-state index contributed by atoms with van der Waals surface area (Å²) in [6.45, 7) is 11.7. The van der Waals surface area contributed by atoms with Gasteiger partial charge < -0.3 is 10.2 Å². The Kier molecular flexibility index (Phi) is 5.79. The molecular weight excluding hydrogens is 254 g/mol. The van der Waals surface area contributed by atoms with Crippen molar-refractivity contribution in [3.05, 3.63) is 16.6 Å². The van der Waals surface area contributed by atoms with Crippen LogP contribution in [-0.4, -0.2) is 42.1 Å². The van der Waals surface area contributed by atoms with Crippen molar-refractivity contribution in [2.24, 2.45) is 5.92 Å². The van der Waals surface area contributed by atoms with Crippen molar-refractivity contribution in [3.63, 3.8) is 0 Å². The van der Waals surface area contributed by atoms with Crippen LogP contribution in [0, 0.1) is 5.92 Å². The van der Waals surface area contributed by atoms with Crippen LogP contribution in [0.2, 0.25) is 0 Å². The van der Waals surface area contributed by atoms with Gasteiger partial charge in [-0.1, -0.05) is 13.8 Å². The molecule has 0 radical (unpaired) electrons. The van der Waals surface area contributed by atoms with E-state index in [1.807, 2.05) is 6.20 Å². The summed E-state index contributed by atoms with van der Waals surface area (Å²) >= 11 is 1.76. The molecule has 1 aliphatic heterocycles. The van der Waals surface area contributed by atoms with Gasteiger partial charge in [-0.05, 0) is 38.8 Å². The number of likely N-dealkylation sites (tertiary alicyclic amines) is 1. The van der Waals surface area contributed by atoms with Crippen molar-refractivity contribution in [2.75, 3.05) is 26.2 Å². The molecule has 2 rings (SSSR count). The van der Waals surface area contributed by atoms with E-state index in [9.17, 15) is 0 Å². The van der Waals surface area contributed by atoms with E-state index in [1.165, 1.54) is 37.5 Å². The first-order valence-corrected chi connectivity index (χ1v) is 8.43. The normalized spacial score (nSPS) is 24.3. The lowest BCUT2D eigenvalue weighted by Crippen LogP contribution is -2.45. The van der Waals surface area contributed by atoms with E-state index in [0.29, 0.717) is 12.0 Å². The Morgan fingerprint density at radius 2 is 2.37 bits per heavy atom. The molecule has 0 aliphatic carbocycles. The predicted octanol–water partition coefficient (Wildman–Crippen LogP) is 2.96. The third-order valence-corrected chi connectivity index (χ3v) is 5.32. The van der Waals surface area contributed by atoms with Gasteiger partial charge >= 0.3 is 0 Å². The fraction of sp³-hybridized carbons (Fsp3) is 0.800. The van der Waals surface area contributed by atoms with E-state index >= 15 is 0 Å². The Balaban J connectivity index is 1.76. The molecule has 2 heterocycles. The minimum absolute atomic E-state index is 0.522. The number of piperidine rings is 1. The molecule has 1 aromatic heterocycles. The molecule has 1 N–H and O–H groups in total. The number of nitrogens with zero attached hydrogens (tertiary/aromatic N) is 2. The second-order valence-electron chi connectivity index (χ2n) is 5.76. The number of nitrogens with one attached hydrogen (secondary N) is 1. The van der Waals surface area contributed by atoms with Crippen molar-refractivity contribution in [1.82, 2.24) is 15.2 Å². The highest BCUT2D eigenvalue weighted by Gasteiger charge is 2.24. The Morgan fingerprint density at radius 1 is 1.53 bits per heavy atom. The van der Waals surface area contributed by atoms with Crippen molar-refractivity contribution in [2.45, 2.75) is 45.6 Å². The molecule has 0 spiro atoms. The largest absolute Gasteiger partial charge is 0.313 e. The van der Waals surface area contributed by atoms with E-state index in [-0.39, 0.29) is 0 Å². The fourth-order valence-corrected chi connectivity index (χ4v) is 3.58. The van der Waals surface area contributed by atoms with Gasteiger partial charge in [-0.3, -0.25) is 0 Å². The summed E-state index contributed by atoms with van der Waals surface area (Å²) in [6.07, 6.45) is 4.63. The number of thiazole rings is 1. The zero-order valence-corrected chi connectivity index (χ0v) is 13.2.